The Hall–Kier alpha value is -1.87. The summed E-state index contributed by atoms with van der Waals surface area (Å²) in [6, 6.07) is 12.1. The number of aliphatic hydroxyl groups excluding tert-OH is 1. The Balaban J connectivity index is 1.64. The van der Waals surface area contributed by atoms with Crippen LogP contribution in [0.4, 0.5) is 0 Å². The van der Waals surface area contributed by atoms with Crippen LogP contribution in [0.3, 0.4) is 0 Å². The number of aliphatic hydroxyl groups is 1. The number of nitrogens with zero attached hydrogens (tertiary/aromatic N) is 1. The highest BCUT2D eigenvalue weighted by Gasteiger charge is 2.37. The van der Waals surface area contributed by atoms with Gasteiger partial charge in [-0.3, -0.25) is 4.98 Å². The molecule has 3 heteroatoms. The maximum Gasteiger partial charge on any atom is 0.138 e. The minimum absolute atomic E-state index is 0.264. The molecule has 0 radical (unpaired) electrons. The van der Waals surface area contributed by atoms with Gasteiger partial charge in [-0.05, 0) is 35.4 Å². The molecule has 19 heavy (non-hydrogen) atoms. The fraction of sp³-hybridized carbons (Fsp3) is 0.312. The summed E-state index contributed by atoms with van der Waals surface area (Å²) in [4.78, 5) is 4.22. The monoisotopic (exact) mass is 255 g/mol. The number of rotatable bonds is 5. The molecule has 1 saturated carbocycles. The fourth-order valence-corrected chi connectivity index (χ4v) is 2.32. The van der Waals surface area contributed by atoms with Crippen molar-refractivity contribution in [3.8, 4) is 5.75 Å². The SMILES string of the molecule is OC[C@H]1CC1c1cncc(OCc2ccccc2)c1. The molecular formula is C16H17NO2. The summed E-state index contributed by atoms with van der Waals surface area (Å²) in [7, 11) is 0. The zero-order valence-corrected chi connectivity index (χ0v) is 10.7. The highest BCUT2D eigenvalue weighted by atomic mass is 16.5. The minimum atomic E-state index is 0.264. The Morgan fingerprint density at radius 1 is 1.21 bits per heavy atom. The molecule has 0 spiro atoms. The topological polar surface area (TPSA) is 42.4 Å². The highest BCUT2D eigenvalue weighted by molar-refractivity contribution is 5.30. The lowest BCUT2D eigenvalue weighted by Gasteiger charge is -2.07. The van der Waals surface area contributed by atoms with Crippen molar-refractivity contribution < 1.29 is 9.84 Å². The van der Waals surface area contributed by atoms with Crippen LogP contribution in [-0.4, -0.2) is 16.7 Å². The van der Waals surface area contributed by atoms with Crippen LogP contribution in [0.2, 0.25) is 0 Å². The molecule has 2 aromatic rings. The normalized spacial score (nSPS) is 21.1. The minimum Gasteiger partial charge on any atom is -0.487 e. The van der Waals surface area contributed by atoms with Crippen LogP contribution in [0.25, 0.3) is 0 Å². The molecule has 2 atom stereocenters. The van der Waals surface area contributed by atoms with Gasteiger partial charge in [-0.1, -0.05) is 30.3 Å². The van der Waals surface area contributed by atoms with Gasteiger partial charge >= 0.3 is 0 Å². The van der Waals surface area contributed by atoms with Crippen molar-refractivity contribution in [1.82, 2.24) is 4.98 Å². The first-order chi connectivity index (χ1) is 9.36. The zero-order chi connectivity index (χ0) is 13.1. The molecule has 1 aromatic heterocycles. The predicted molar refractivity (Wildman–Crippen MR) is 72.9 cm³/mol. The largest absolute Gasteiger partial charge is 0.487 e. The first-order valence-electron chi connectivity index (χ1n) is 6.59. The van der Waals surface area contributed by atoms with Crippen LogP contribution < -0.4 is 4.74 Å². The second-order valence-corrected chi connectivity index (χ2v) is 5.01. The Morgan fingerprint density at radius 3 is 2.79 bits per heavy atom. The molecular weight excluding hydrogens is 238 g/mol. The number of benzene rings is 1. The highest BCUT2D eigenvalue weighted by Crippen LogP contribution is 2.47. The van der Waals surface area contributed by atoms with Crippen LogP contribution in [-0.2, 0) is 6.61 Å². The number of ether oxygens (including phenoxy) is 1. The van der Waals surface area contributed by atoms with Crippen molar-refractivity contribution in [2.75, 3.05) is 6.61 Å². The van der Waals surface area contributed by atoms with E-state index in [9.17, 15) is 0 Å². The van der Waals surface area contributed by atoms with E-state index in [0.717, 1.165) is 17.7 Å². The lowest BCUT2D eigenvalue weighted by molar-refractivity contribution is 0.273. The molecule has 0 aliphatic heterocycles. The molecule has 1 unspecified atom stereocenters. The van der Waals surface area contributed by atoms with E-state index in [4.69, 9.17) is 9.84 Å². The van der Waals surface area contributed by atoms with Crippen LogP contribution in [0.1, 0.15) is 23.5 Å². The molecule has 1 aliphatic rings. The van der Waals surface area contributed by atoms with E-state index in [1.807, 2.05) is 42.6 Å². The third kappa shape index (κ3) is 2.93. The van der Waals surface area contributed by atoms with Gasteiger partial charge in [0.2, 0.25) is 0 Å². The summed E-state index contributed by atoms with van der Waals surface area (Å²) in [5, 5.41) is 9.11. The quantitative estimate of drug-likeness (QED) is 0.893. The number of hydrogen-bond acceptors (Lipinski definition) is 3. The maximum absolute atomic E-state index is 9.11. The van der Waals surface area contributed by atoms with Crippen molar-refractivity contribution in [3.05, 3.63) is 59.9 Å². The van der Waals surface area contributed by atoms with Gasteiger partial charge in [0.15, 0.2) is 0 Å². The van der Waals surface area contributed by atoms with Gasteiger partial charge in [0.1, 0.15) is 12.4 Å². The van der Waals surface area contributed by atoms with E-state index in [1.165, 1.54) is 5.56 Å². The van der Waals surface area contributed by atoms with Gasteiger partial charge in [-0.25, -0.2) is 0 Å². The van der Waals surface area contributed by atoms with E-state index < -0.39 is 0 Å². The second-order valence-electron chi connectivity index (χ2n) is 5.01. The van der Waals surface area contributed by atoms with Crippen molar-refractivity contribution in [3.63, 3.8) is 0 Å². The summed E-state index contributed by atoms with van der Waals surface area (Å²) in [5.41, 5.74) is 2.32. The van der Waals surface area contributed by atoms with E-state index in [-0.39, 0.29) is 6.61 Å². The number of aromatic nitrogens is 1. The number of hydrogen-bond donors (Lipinski definition) is 1. The Labute approximate surface area is 112 Å². The summed E-state index contributed by atoms with van der Waals surface area (Å²) >= 11 is 0. The molecule has 1 fully saturated rings. The molecule has 1 N–H and O–H groups in total. The first-order valence-corrected chi connectivity index (χ1v) is 6.59. The number of pyridine rings is 1. The standard InChI is InChI=1S/C16H17NO2/c18-10-14-7-16(14)13-6-15(9-17-8-13)19-11-12-4-2-1-3-5-12/h1-6,8-9,14,16,18H,7,10-11H2/t14-,16?/m1/s1. The molecule has 1 aliphatic carbocycles. The van der Waals surface area contributed by atoms with Crippen LogP contribution in [0, 0.1) is 5.92 Å². The van der Waals surface area contributed by atoms with Crippen LogP contribution in [0.5, 0.6) is 5.75 Å². The Bertz CT molecular complexity index is 541. The van der Waals surface area contributed by atoms with Gasteiger partial charge < -0.3 is 9.84 Å². The smallest absolute Gasteiger partial charge is 0.138 e. The molecule has 0 saturated heterocycles. The van der Waals surface area contributed by atoms with Crippen molar-refractivity contribution >= 4 is 0 Å². The second kappa shape index (κ2) is 5.41. The summed E-state index contributed by atoms with van der Waals surface area (Å²) in [6.45, 7) is 0.819. The van der Waals surface area contributed by atoms with Crippen molar-refractivity contribution in [2.45, 2.75) is 18.9 Å². The fourth-order valence-electron chi connectivity index (χ4n) is 2.32. The zero-order valence-electron chi connectivity index (χ0n) is 10.7. The average Bonchev–Trinajstić information content (AvgIpc) is 3.26. The summed E-state index contributed by atoms with van der Waals surface area (Å²) in [5.74, 6) is 1.66. The summed E-state index contributed by atoms with van der Waals surface area (Å²) < 4.78 is 5.75. The van der Waals surface area contributed by atoms with Gasteiger partial charge in [0.25, 0.3) is 0 Å². The van der Waals surface area contributed by atoms with Crippen molar-refractivity contribution in [2.24, 2.45) is 5.92 Å². The molecule has 1 aromatic carbocycles. The van der Waals surface area contributed by atoms with Gasteiger partial charge in [0.05, 0.1) is 6.20 Å². The van der Waals surface area contributed by atoms with Gasteiger partial charge in [-0.15, -0.1) is 0 Å². The lowest BCUT2D eigenvalue weighted by atomic mass is 10.1. The van der Waals surface area contributed by atoms with Gasteiger partial charge in [-0.2, -0.15) is 0 Å². The molecule has 3 rings (SSSR count). The van der Waals surface area contributed by atoms with E-state index in [1.54, 1.807) is 6.20 Å². The predicted octanol–water partition coefficient (Wildman–Crippen LogP) is 2.76. The maximum atomic E-state index is 9.11. The van der Waals surface area contributed by atoms with Crippen LogP contribution >= 0.6 is 0 Å². The van der Waals surface area contributed by atoms with Crippen LogP contribution in [0.15, 0.2) is 48.8 Å². The third-order valence-corrected chi connectivity index (χ3v) is 3.57. The Morgan fingerprint density at radius 2 is 2.05 bits per heavy atom. The first kappa shape index (κ1) is 12.2. The van der Waals surface area contributed by atoms with Crippen molar-refractivity contribution in [1.29, 1.82) is 0 Å². The summed E-state index contributed by atoms with van der Waals surface area (Å²) in [6.07, 6.45) is 4.67. The average molecular weight is 255 g/mol. The molecule has 98 valence electrons. The third-order valence-electron chi connectivity index (χ3n) is 3.57. The van der Waals surface area contributed by atoms with E-state index in [2.05, 4.69) is 4.98 Å². The van der Waals surface area contributed by atoms with E-state index >= 15 is 0 Å². The Kier molecular flexibility index (Phi) is 3.47. The molecule has 1 heterocycles. The van der Waals surface area contributed by atoms with Gasteiger partial charge in [0, 0.05) is 12.8 Å². The molecule has 3 nitrogen and oxygen atoms in total. The molecule has 0 amide bonds. The van der Waals surface area contributed by atoms with E-state index in [0.29, 0.717) is 18.4 Å². The lowest BCUT2D eigenvalue weighted by Crippen LogP contribution is -1.97. The molecule has 0 bridgehead atoms.